The third-order valence-corrected chi connectivity index (χ3v) is 2.59. The number of nitrogens with zero attached hydrogens (tertiary/aromatic N) is 1. The van der Waals surface area contributed by atoms with Gasteiger partial charge in [0.2, 0.25) is 5.22 Å². The first-order valence-corrected chi connectivity index (χ1v) is 4.82. The van der Waals surface area contributed by atoms with E-state index in [0.29, 0.717) is 10.2 Å². The highest BCUT2D eigenvalue weighted by Gasteiger charge is 2.11. The van der Waals surface area contributed by atoms with Crippen molar-refractivity contribution < 1.29 is 4.52 Å². The zero-order valence-electron chi connectivity index (χ0n) is 7.42. The first-order chi connectivity index (χ1) is 6.68. The minimum Gasteiger partial charge on any atom is -0.344 e. The van der Waals surface area contributed by atoms with Crippen LogP contribution in [0.2, 0.25) is 10.2 Å². The fourth-order valence-electron chi connectivity index (χ4n) is 1.19. The van der Waals surface area contributed by atoms with Crippen LogP contribution in [0, 0.1) is 6.92 Å². The Morgan fingerprint density at radius 1 is 1.14 bits per heavy atom. The van der Waals surface area contributed by atoms with Gasteiger partial charge >= 0.3 is 0 Å². The summed E-state index contributed by atoms with van der Waals surface area (Å²) in [5.74, 6) is 0. The summed E-state index contributed by atoms with van der Waals surface area (Å²) in [7, 11) is 0. The standard InChI is InChI=1S/C10H7Cl2NO/c1-6-9(13-14-10(6)12)7-2-4-8(11)5-3-7/h2-5H,1H3. The molecule has 0 unspecified atom stereocenters. The van der Waals surface area contributed by atoms with E-state index in [1.807, 2.05) is 19.1 Å². The lowest BCUT2D eigenvalue weighted by molar-refractivity contribution is 0.423. The first kappa shape index (κ1) is 9.56. The summed E-state index contributed by atoms with van der Waals surface area (Å²) in [6.45, 7) is 1.86. The SMILES string of the molecule is Cc1c(-c2ccc(Cl)cc2)noc1Cl. The molecule has 2 nitrogen and oxygen atoms in total. The Hall–Kier alpha value is -0.990. The van der Waals surface area contributed by atoms with E-state index in [-0.39, 0.29) is 0 Å². The van der Waals surface area contributed by atoms with E-state index in [1.54, 1.807) is 12.1 Å². The normalized spacial score (nSPS) is 10.5. The average molecular weight is 228 g/mol. The van der Waals surface area contributed by atoms with Crippen molar-refractivity contribution in [1.29, 1.82) is 0 Å². The molecule has 2 aromatic rings. The number of aromatic nitrogens is 1. The summed E-state index contributed by atoms with van der Waals surface area (Å²) < 4.78 is 4.86. The van der Waals surface area contributed by atoms with Crippen LogP contribution in [0.25, 0.3) is 11.3 Å². The summed E-state index contributed by atoms with van der Waals surface area (Å²) in [6.07, 6.45) is 0. The Balaban J connectivity index is 2.49. The van der Waals surface area contributed by atoms with Crippen molar-refractivity contribution in [2.24, 2.45) is 0 Å². The molecule has 14 heavy (non-hydrogen) atoms. The van der Waals surface area contributed by atoms with Crippen LogP contribution in [0.4, 0.5) is 0 Å². The fraction of sp³-hybridized carbons (Fsp3) is 0.100. The van der Waals surface area contributed by atoms with E-state index in [2.05, 4.69) is 5.16 Å². The van der Waals surface area contributed by atoms with Crippen molar-refractivity contribution >= 4 is 23.2 Å². The van der Waals surface area contributed by atoms with E-state index < -0.39 is 0 Å². The highest BCUT2D eigenvalue weighted by atomic mass is 35.5. The molecule has 0 saturated heterocycles. The molecule has 0 N–H and O–H groups in total. The molecule has 0 fully saturated rings. The van der Waals surface area contributed by atoms with Crippen molar-refractivity contribution in [3.05, 3.63) is 40.1 Å². The third-order valence-electron chi connectivity index (χ3n) is 1.98. The number of rotatable bonds is 1. The first-order valence-electron chi connectivity index (χ1n) is 4.06. The minimum atomic E-state index is 0.329. The number of halogens is 2. The fourth-order valence-corrected chi connectivity index (χ4v) is 1.44. The van der Waals surface area contributed by atoms with Crippen molar-refractivity contribution in [3.63, 3.8) is 0 Å². The molecule has 0 aliphatic heterocycles. The van der Waals surface area contributed by atoms with Crippen LogP contribution in [-0.4, -0.2) is 5.16 Å². The van der Waals surface area contributed by atoms with Crippen LogP contribution in [0.5, 0.6) is 0 Å². The van der Waals surface area contributed by atoms with Crippen LogP contribution in [0.3, 0.4) is 0 Å². The summed E-state index contributed by atoms with van der Waals surface area (Å²) in [5, 5.41) is 4.89. The van der Waals surface area contributed by atoms with Gasteiger partial charge < -0.3 is 4.52 Å². The maximum absolute atomic E-state index is 5.77. The summed E-state index contributed by atoms with van der Waals surface area (Å²) in [4.78, 5) is 0. The Morgan fingerprint density at radius 2 is 1.79 bits per heavy atom. The van der Waals surface area contributed by atoms with E-state index in [1.165, 1.54) is 0 Å². The maximum Gasteiger partial charge on any atom is 0.229 e. The largest absolute Gasteiger partial charge is 0.344 e. The Labute approximate surface area is 91.4 Å². The smallest absolute Gasteiger partial charge is 0.229 e. The molecule has 0 aliphatic rings. The molecule has 0 atom stereocenters. The van der Waals surface area contributed by atoms with Crippen LogP contribution in [0.15, 0.2) is 28.8 Å². The van der Waals surface area contributed by atoms with Gasteiger partial charge in [0.1, 0.15) is 5.69 Å². The van der Waals surface area contributed by atoms with Crippen LogP contribution in [0.1, 0.15) is 5.56 Å². The molecule has 72 valence electrons. The molecule has 0 amide bonds. The second-order valence-corrected chi connectivity index (χ2v) is 3.72. The number of hydrogen-bond acceptors (Lipinski definition) is 2. The summed E-state index contributed by atoms with van der Waals surface area (Å²) >= 11 is 11.5. The summed E-state index contributed by atoms with van der Waals surface area (Å²) in [6, 6.07) is 7.37. The molecule has 0 bridgehead atoms. The third kappa shape index (κ3) is 1.63. The molecule has 4 heteroatoms. The second-order valence-electron chi connectivity index (χ2n) is 2.94. The lowest BCUT2D eigenvalue weighted by Gasteiger charge is -1.96. The quantitative estimate of drug-likeness (QED) is 0.738. The van der Waals surface area contributed by atoms with Crippen molar-refractivity contribution in [2.45, 2.75) is 6.92 Å². The zero-order valence-corrected chi connectivity index (χ0v) is 8.93. The topological polar surface area (TPSA) is 26.0 Å². The van der Waals surface area contributed by atoms with Crippen molar-refractivity contribution in [1.82, 2.24) is 5.16 Å². The van der Waals surface area contributed by atoms with Gasteiger partial charge in [-0.2, -0.15) is 0 Å². The molecule has 1 aromatic carbocycles. The Morgan fingerprint density at radius 3 is 2.29 bits per heavy atom. The molecular formula is C10H7Cl2NO. The van der Waals surface area contributed by atoms with Crippen LogP contribution < -0.4 is 0 Å². The van der Waals surface area contributed by atoms with Gasteiger partial charge in [-0.1, -0.05) is 28.9 Å². The Kier molecular flexibility index (Phi) is 2.48. The van der Waals surface area contributed by atoms with Crippen LogP contribution >= 0.6 is 23.2 Å². The number of hydrogen-bond donors (Lipinski definition) is 0. The van der Waals surface area contributed by atoms with E-state index in [0.717, 1.165) is 16.8 Å². The zero-order chi connectivity index (χ0) is 10.1. The molecule has 1 heterocycles. The predicted molar refractivity (Wildman–Crippen MR) is 56.7 cm³/mol. The van der Waals surface area contributed by atoms with Gasteiger partial charge in [-0.25, -0.2) is 0 Å². The van der Waals surface area contributed by atoms with Gasteiger partial charge in [-0.3, -0.25) is 0 Å². The maximum atomic E-state index is 5.77. The summed E-state index contributed by atoms with van der Waals surface area (Å²) in [5.41, 5.74) is 2.54. The van der Waals surface area contributed by atoms with Crippen molar-refractivity contribution in [3.8, 4) is 11.3 Å². The minimum absolute atomic E-state index is 0.329. The highest BCUT2D eigenvalue weighted by Crippen LogP contribution is 2.28. The van der Waals surface area contributed by atoms with Crippen molar-refractivity contribution in [2.75, 3.05) is 0 Å². The van der Waals surface area contributed by atoms with Gasteiger partial charge in [-0.15, -0.1) is 0 Å². The second kappa shape index (κ2) is 3.64. The lowest BCUT2D eigenvalue weighted by atomic mass is 10.1. The molecule has 0 spiro atoms. The van der Waals surface area contributed by atoms with E-state index in [9.17, 15) is 0 Å². The van der Waals surface area contributed by atoms with Gasteiger partial charge in [0.05, 0.1) is 0 Å². The number of benzene rings is 1. The van der Waals surface area contributed by atoms with Crippen LogP contribution in [-0.2, 0) is 0 Å². The van der Waals surface area contributed by atoms with Gasteiger partial charge in [0.15, 0.2) is 0 Å². The predicted octanol–water partition coefficient (Wildman–Crippen LogP) is 3.96. The van der Waals surface area contributed by atoms with E-state index >= 15 is 0 Å². The monoisotopic (exact) mass is 227 g/mol. The van der Waals surface area contributed by atoms with Gasteiger partial charge in [0.25, 0.3) is 0 Å². The Bertz CT molecular complexity index is 448. The molecule has 0 aliphatic carbocycles. The molecule has 0 radical (unpaired) electrons. The van der Waals surface area contributed by atoms with Gasteiger partial charge in [0, 0.05) is 16.1 Å². The average Bonchev–Trinajstić information content (AvgIpc) is 2.50. The lowest BCUT2D eigenvalue weighted by Crippen LogP contribution is -1.79. The highest BCUT2D eigenvalue weighted by molar-refractivity contribution is 6.30. The molecule has 2 rings (SSSR count). The molecule has 1 aromatic heterocycles. The molecule has 0 saturated carbocycles. The van der Waals surface area contributed by atoms with Gasteiger partial charge in [-0.05, 0) is 30.7 Å². The molecular weight excluding hydrogens is 221 g/mol. The van der Waals surface area contributed by atoms with E-state index in [4.69, 9.17) is 27.7 Å².